The summed E-state index contributed by atoms with van der Waals surface area (Å²) >= 11 is 2.15. The van der Waals surface area contributed by atoms with Crippen LogP contribution in [-0.2, 0) is 6.42 Å². The van der Waals surface area contributed by atoms with Crippen LogP contribution in [0.25, 0.3) is 22.2 Å². The molecule has 2 aromatic carbocycles. The van der Waals surface area contributed by atoms with E-state index in [1.165, 1.54) is 115 Å². The number of aromatic nitrogens is 1. The Labute approximate surface area is 223 Å². The maximum atomic E-state index is 5.79. The van der Waals surface area contributed by atoms with E-state index in [0.29, 0.717) is 0 Å². The van der Waals surface area contributed by atoms with Gasteiger partial charge in [0.05, 0.1) is 14.2 Å². The van der Waals surface area contributed by atoms with Crippen molar-refractivity contribution >= 4 is 22.7 Å². The van der Waals surface area contributed by atoms with Crippen LogP contribution in [0.5, 0.6) is 11.5 Å². The molecule has 0 fully saturated rings. The molecular formula is C32H47NO2S. The van der Waals surface area contributed by atoms with Gasteiger partial charge in [0.2, 0.25) is 0 Å². The molecule has 0 bridgehead atoms. The summed E-state index contributed by atoms with van der Waals surface area (Å²) in [5, 5.41) is 1.33. The van der Waals surface area contributed by atoms with Crippen LogP contribution in [0.2, 0.25) is 0 Å². The number of aryl methyl sites for hydroxylation is 2. The van der Waals surface area contributed by atoms with E-state index in [2.05, 4.69) is 54.9 Å². The lowest BCUT2D eigenvalue weighted by Gasteiger charge is -2.11. The average molecular weight is 510 g/mol. The van der Waals surface area contributed by atoms with Crippen molar-refractivity contribution in [1.82, 2.24) is 4.98 Å². The monoisotopic (exact) mass is 509 g/mol. The van der Waals surface area contributed by atoms with Crippen LogP contribution in [0.3, 0.4) is 0 Å². The lowest BCUT2D eigenvalue weighted by atomic mass is 9.97. The third kappa shape index (κ3) is 8.23. The topological polar surface area (TPSA) is 34.2 Å². The molecule has 1 heterocycles. The number of thioether (sulfide) groups is 1. The minimum atomic E-state index is 0.881. The molecule has 1 N–H and O–H groups in total. The Balaban J connectivity index is 1.45. The smallest absolute Gasteiger partial charge is 0.122 e. The Bertz CT molecular complexity index is 1020. The summed E-state index contributed by atoms with van der Waals surface area (Å²) in [5.41, 5.74) is 6.20. The van der Waals surface area contributed by atoms with Crippen molar-refractivity contribution in [1.29, 1.82) is 0 Å². The van der Waals surface area contributed by atoms with E-state index < -0.39 is 0 Å². The van der Waals surface area contributed by atoms with E-state index in [0.717, 1.165) is 17.9 Å². The Morgan fingerprint density at radius 1 is 0.722 bits per heavy atom. The predicted molar refractivity (Wildman–Crippen MR) is 159 cm³/mol. The zero-order chi connectivity index (χ0) is 25.6. The second kappa shape index (κ2) is 15.9. The molecule has 0 saturated carbocycles. The number of unbranched alkanes of at least 4 members (excludes halogenated alkanes) is 9. The number of methoxy groups -OCH3 is 2. The van der Waals surface area contributed by atoms with Gasteiger partial charge in [0, 0.05) is 22.2 Å². The predicted octanol–water partition coefficient (Wildman–Crippen LogP) is 9.75. The number of aromatic amines is 1. The highest BCUT2D eigenvalue weighted by atomic mass is 32.2. The fraction of sp³-hybridized carbons (Fsp3) is 0.562. The molecule has 0 aliphatic rings. The van der Waals surface area contributed by atoms with Crippen molar-refractivity contribution in [2.24, 2.45) is 0 Å². The van der Waals surface area contributed by atoms with Gasteiger partial charge in [-0.05, 0) is 91.6 Å². The summed E-state index contributed by atoms with van der Waals surface area (Å²) in [5.74, 6) is 4.61. The maximum Gasteiger partial charge on any atom is 0.122 e. The lowest BCUT2D eigenvalue weighted by molar-refractivity contribution is 0.409. The van der Waals surface area contributed by atoms with Crippen molar-refractivity contribution in [2.45, 2.75) is 90.9 Å². The second-order valence-electron chi connectivity index (χ2n) is 9.92. The van der Waals surface area contributed by atoms with Crippen molar-refractivity contribution in [3.63, 3.8) is 0 Å². The Kier molecular flexibility index (Phi) is 12.6. The molecule has 36 heavy (non-hydrogen) atoms. The summed E-state index contributed by atoms with van der Waals surface area (Å²) in [6.45, 7) is 4.51. The third-order valence-corrected chi connectivity index (χ3v) is 8.39. The van der Waals surface area contributed by atoms with Crippen molar-refractivity contribution < 1.29 is 9.47 Å². The second-order valence-corrected chi connectivity index (χ2v) is 11.1. The fourth-order valence-corrected chi connectivity index (χ4v) is 6.14. The van der Waals surface area contributed by atoms with Gasteiger partial charge >= 0.3 is 0 Å². The number of hydrogen-bond acceptors (Lipinski definition) is 3. The molecule has 3 aromatic rings. The highest BCUT2D eigenvalue weighted by Gasteiger charge is 2.16. The molecular weight excluding hydrogens is 462 g/mol. The fourth-order valence-electron chi connectivity index (χ4n) is 5.12. The van der Waals surface area contributed by atoms with E-state index in [1.54, 1.807) is 14.2 Å². The summed E-state index contributed by atoms with van der Waals surface area (Å²) in [7, 11) is 3.50. The van der Waals surface area contributed by atoms with Crippen LogP contribution in [-0.4, -0.2) is 30.7 Å². The van der Waals surface area contributed by atoms with E-state index in [-0.39, 0.29) is 0 Å². The van der Waals surface area contributed by atoms with Gasteiger partial charge in [-0.2, -0.15) is 11.8 Å². The first-order valence-corrected chi connectivity index (χ1v) is 15.2. The zero-order valence-electron chi connectivity index (χ0n) is 23.1. The first-order chi connectivity index (χ1) is 17.7. The maximum absolute atomic E-state index is 5.79. The van der Waals surface area contributed by atoms with E-state index in [9.17, 15) is 0 Å². The molecule has 0 radical (unpaired) electrons. The first-order valence-electron chi connectivity index (χ1n) is 14.1. The summed E-state index contributed by atoms with van der Waals surface area (Å²) in [6, 6.07) is 12.6. The van der Waals surface area contributed by atoms with Gasteiger partial charge in [-0.3, -0.25) is 0 Å². The van der Waals surface area contributed by atoms with Crippen molar-refractivity contribution in [3.05, 3.63) is 47.5 Å². The molecule has 0 spiro atoms. The van der Waals surface area contributed by atoms with Gasteiger partial charge in [-0.1, -0.05) is 58.3 Å². The number of H-pyrrole nitrogens is 1. The van der Waals surface area contributed by atoms with Crippen LogP contribution >= 0.6 is 11.8 Å². The van der Waals surface area contributed by atoms with Crippen molar-refractivity contribution in [3.8, 4) is 22.8 Å². The first kappa shape index (κ1) is 28.5. The number of ether oxygens (including phenoxy) is 2. The Morgan fingerprint density at radius 2 is 1.36 bits per heavy atom. The molecule has 0 amide bonds. The van der Waals surface area contributed by atoms with Crippen LogP contribution < -0.4 is 9.47 Å². The van der Waals surface area contributed by atoms with Crippen LogP contribution in [0.15, 0.2) is 36.4 Å². The quantitative estimate of drug-likeness (QED) is 0.173. The van der Waals surface area contributed by atoms with Gasteiger partial charge in [0.15, 0.2) is 0 Å². The number of nitrogens with one attached hydrogen (secondary N) is 1. The van der Waals surface area contributed by atoms with E-state index >= 15 is 0 Å². The number of fused-ring (bicyclic) bond motifs is 1. The number of rotatable bonds is 18. The normalized spacial score (nSPS) is 11.3. The molecule has 198 valence electrons. The van der Waals surface area contributed by atoms with Gasteiger partial charge in [-0.25, -0.2) is 0 Å². The van der Waals surface area contributed by atoms with Gasteiger partial charge in [0.25, 0.3) is 0 Å². The molecule has 0 aliphatic carbocycles. The number of benzene rings is 2. The average Bonchev–Trinajstić information content (AvgIpc) is 3.25. The summed E-state index contributed by atoms with van der Waals surface area (Å²) in [4.78, 5) is 3.66. The van der Waals surface area contributed by atoms with Gasteiger partial charge in [-0.15, -0.1) is 0 Å². The molecule has 3 rings (SSSR count). The SMILES string of the molecule is CCCCCSCCCCCCCCCCc1c(OC)ccc2[nH]c(-c3ccc(OC)cc3)c(C)c12. The lowest BCUT2D eigenvalue weighted by Crippen LogP contribution is -1.95. The van der Waals surface area contributed by atoms with Crippen molar-refractivity contribution in [2.75, 3.05) is 25.7 Å². The summed E-state index contributed by atoms with van der Waals surface area (Å²) in [6.07, 6.45) is 16.0. The van der Waals surface area contributed by atoms with Gasteiger partial charge in [0.1, 0.15) is 11.5 Å². The molecule has 0 saturated heterocycles. The minimum absolute atomic E-state index is 0.881. The Morgan fingerprint density at radius 3 is 2.00 bits per heavy atom. The molecule has 3 nitrogen and oxygen atoms in total. The number of hydrogen-bond donors (Lipinski definition) is 1. The van der Waals surface area contributed by atoms with Crippen LogP contribution in [0.4, 0.5) is 0 Å². The third-order valence-electron chi connectivity index (χ3n) is 7.24. The standard InChI is InChI=1S/C32H47NO2S/c1-5-6-14-23-36-24-15-12-10-8-7-9-11-13-16-28-30(35-4)22-21-29-31(28)25(2)32(33-29)26-17-19-27(34-3)20-18-26/h17-22,33H,5-16,23-24H2,1-4H3. The summed E-state index contributed by atoms with van der Waals surface area (Å²) < 4.78 is 11.1. The van der Waals surface area contributed by atoms with E-state index in [1.807, 2.05) is 12.1 Å². The highest BCUT2D eigenvalue weighted by Crippen LogP contribution is 2.37. The molecule has 0 aliphatic heterocycles. The molecule has 4 heteroatoms. The zero-order valence-corrected chi connectivity index (χ0v) is 23.9. The molecule has 0 atom stereocenters. The van der Waals surface area contributed by atoms with Gasteiger partial charge < -0.3 is 14.5 Å². The molecule has 0 unspecified atom stereocenters. The minimum Gasteiger partial charge on any atom is -0.497 e. The van der Waals surface area contributed by atoms with Crippen LogP contribution in [0, 0.1) is 6.92 Å². The molecule has 1 aromatic heterocycles. The highest BCUT2D eigenvalue weighted by molar-refractivity contribution is 7.99. The largest absolute Gasteiger partial charge is 0.497 e. The van der Waals surface area contributed by atoms with E-state index in [4.69, 9.17) is 9.47 Å². The van der Waals surface area contributed by atoms with Crippen LogP contribution in [0.1, 0.15) is 88.7 Å². The Hall–Kier alpha value is -2.07.